The van der Waals surface area contributed by atoms with Crippen molar-refractivity contribution in [3.63, 3.8) is 0 Å². The second kappa shape index (κ2) is 7.41. The lowest BCUT2D eigenvalue weighted by molar-refractivity contribution is 0.183. The smallest absolute Gasteiger partial charge is 0.0174 e. The van der Waals surface area contributed by atoms with Gasteiger partial charge in [0.25, 0.3) is 0 Å². The summed E-state index contributed by atoms with van der Waals surface area (Å²) in [6.45, 7) is 4.99. The van der Waals surface area contributed by atoms with Crippen LogP contribution in [0, 0.1) is 5.92 Å². The molecular formula is C25H32N2. The molecule has 27 heavy (non-hydrogen) atoms. The molecule has 1 saturated heterocycles. The highest BCUT2D eigenvalue weighted by Gasteiger charge is 2.57. The fraction of sp³-hybridized carbons (Fsp3) is 0.520. The maximum atomic E-state index is 3.95. The molecule has 2 aromatic carbocycles. The van der Waals surface area contributed by atoms with E-state index in [1.165, 1.54) is 70.3 Å². The fourth-order valence-electron chi connectivity index (χ4n) is 5.52. The lowest BCUT2D eigenvalue weighted by atomic mass is 9.95. The Morgan fingerprint density at radius 2 is 1.74 bits per heavy atom. The van der Waals surface area contributed by atoms with Crippen LogP contribution in [0.15, 0.2) is 54.6 Å². The first-order chi connectivity index (χ1) is 13.3. The molecule has 3 aliphatic rings. The van der Waals surface area contributed by atoms with Gasteiger partial charge in [-0.25, -0.2) is 0 Å². The number of nitrogens with one attached hydrogen (secondary N) is 1. The Bertz CT molecular complexity index is 763. The number of piperidine rings is 1. The molecule has 0 radical (unpaired) electrons. The summed E-state index contributed by atoms with van der Waals surface area (Å²) in [7, 11) is 0. The van der Waals surface area contributed by atoms with E-state index in [2.05, 4.69) is 64.8 Å². The molecule has 1 saturated carbocycles. The topological polar surface area (TPSA) is 15.3 Å². The van der Waals surface area contributed by atoms with E-state index in [4.69, 9.17) is 0 Å². The van der Waals surface area contributed by atoms with Gasteiger partial charge < -0.3 is 10.2 Å². The van der Waals surface area contributed by atoms with Gasteiger partial charge in [-0.15, -0.1) is 0 Å². The SMILES string of the molecule is c1ccc(CCN2CCC(CN[C@@H]3C[C@@]34CCc3ccccc34)CC2)cc1. The quantitative estimate of drug-likeness (QED) is 0.831. The maximum absolute atomic E-state index is 3.95. The molecule has 2 heteroatoms. The van der Waals surface area contributed by atoms with Crippen LogP contribution in [0.5, 0.6) is 0 Å². The van der Waals surface area contributed by atoms with Crippen LogP contribution >= 0.6 is 0 Å². The van der Waals surface area contributed by atoms with Crippen LogP contribution < -0.4 is 5.32 Å². The zero-order valence-electron chi connectivity index (χ0n) is 16.4. The molecule has 2 aliphatic carbocycles. The Morgan fingerprint density at radius 3 is 2.59 bits per heavy atom. The molecule has 1 aliphatic heterocycles. The summed E-state index contributed by atoms with van der Waals surface area (Å²) in [6.07, 6.45) is 7.92. The van der Waals surface area contributed by atoms with Crippen molar-refractivity contribution in [1.82, 2.24) is 10.2 Å². The number of hydrogen-bond acceptors (Lipinski definition) is 2. The second-order valence-corrected chi connectivity index (χ2v) is 9.00. The largest absolute Gasteiger partial charge is 0.313 e. The number of benzene rings is 2. The monoisotopic (exact) mass is 360 g/mol. The van der Waals surface area contributed by atoms with Crippen LogP contribution in [0.25, 0.3) is 0 Å². The first-order valence-electron chi connectivity index (χ1n) is 10.9. The van der Waals surface area contributed by atoms with Crippen molar-refractivity contribution >= 4 is 0 Å². The van der Waals surface area contributed by atoms with Crippen LogP contribution in [-0.4, -0.2) is 37.1 Å². The Balaban J connectivity index is 1.05. The van der Waals surface area contributed by atoms with Gasteiger partial charge in [-0.05, 0) is 80.8 Å². The maximum Gasteiger partial charge on any atom is 0.0174 e. The Labute approximate surface area is 164 Å². The molecule has 5 rings (SSSR count). The number of nitrogens with zero attached hydrogens (tertiary/aromatic N) is 1. The van der Waals surface area contributed by atoms with E-state index in [1.807, 2.05) is 0 Å². The van der Waals surface area contributed by atoms with Gasteiger partial charge in [0.2, 0.25) is 0 Å². The average Bonchev–Trinajstić information content (AvgIpc) is 3.32. The normalized spacial score (nSPS) is 27.8. The molecular weight excluding hydrogens is 328 g/mol. The molecule has 1 N–H and O–H groups in total. The second-order valence-electron chi connectivity index (χ2n) is 9.00. The van der Waals surface area contributed by atoms with Gasteiger partial charge in [0.05, 0.1) is 0 Å². The molecule has 0 aromatic heterocycles. The van der Waals surface area contributed by atoms with Crippen molar-refractivity contribution in [2.75, 3.05) is 26.2 Å². The standard InChI is InChI=1S/C25H32N2/c1-2-6-20(7-3-1)11-15-27-16-12-21(13-17-27)19-26-24-18-25(24)14-10-22-8-4-5-9-23(22)25/h1-9,21,24,26H,10-19H2/t24-,25-/m1/s1. The molecule has 2 fully saturated rings. The summed E-state index contributed by atoms with van der Waals surface area (Å²) in [6, 6.07) is 20.8. The van der Waals surface area contributed by atoms with E-state index in [0.717, 1.165) is 12.0 Å². The van der Waals surface area contributed by atoms with Gasteiger partial charge >= 0.3 is 0 Å². The highest BCUT2D eigenvalue weighted by Crippen LogP contribution is 2.56. The van der Waals surface area contributed by atoms with Crippen molar-refractivity contribution in [3.8, 4) is 0 Å². The van der Waals surface area contributed by atoms with E-state index >= 15 is 0 Å². The zero-order valence-corrected chi connectivity index (χ0v) is 16.4. The van der Waals surface area contributed by atoms with E-state index < -0.39 is 0 Å². The summed E-state index contributed by atoms with van der Waals surface area (Å²) in [5.74, 6) is 0.868. The van der Waals surface area contributed by atoms with Gasteiger partial charge in [-0.3, -0.25) is 0 Å². The van der Waals surface area contributed by atoms with Gasteiger partial charge in [0, 0.05) is 18.0 Å². The Hall–Kier alpha value is -1.64. The minimum atomic E-state index is 0.493. The summed E-state index contributed by atoms with van der Waals surface area (Å²) < 4.78 is 0. The molecule has 1 spiro atoms. The van der Waals surface area contributed by atoms with Crippen molar-refractivity contribution in [3.05, 3.63) is 71.3 Å². The lowest BCUT2D eigenvalue weighted by Crippen LogP contribution is -2.39. The highest BCUT2D eigenvalue weighted by molar-refractivity contribution is 5.46. The van der Waals surface area contributed by atoms with Crippen LogP contribution in [-0.2, 0) is 18.3 Å². The third kappa shape index (κ3) is 3.58. The summed E-state index contributed by atoms with van der Waals surface area (Å²) in [5, 5.41) is 3.95. The number of likely N-dealkylation sites (tertiary alicyclic amines) is 1. The van der Waals surface area contributed by atoms with Crippen LogP contribution in [0.4, 0.5) is 0 Å². The zero-order chi connectivity index (χ0) is 18.1. The molecule has 0 bridgehead atoms. The summed E-state index contributed by atoms with van der Waals surface area (Å²) in [5.41, 5.74) is 5.22. The number of fused-ring (bicyclic) bond motifs is 2. The van der Waals surface area contributed by atoms with Crippen LogP contribution in [0.2, 0.25) is 0 Å². The van der Waals surface area contributed by atoms with Crippen LogP contribution in [0.3, 0.4) is 0 Å². The number of rotatable bonds is 6. The minimum absolute atomic E-state index is 0.493. The molecule has 1 heterocycles. The first-order valence-corrected chi connectivity index (χ1v) is 10.9. The molecule has 2 atom stereocenters. The van der Waals surface area contributed by atoms with Crippen LogP contribution in [0.1, 0.15) is 42.4 Å². The number of aryl methyl sites for hydroxylation is 1. The van der Waals surface area contributed by atoms with Crippen molar-refractivity contribution < 1.29 is 0 Å². The first kappa shape index (κ1) is 17.5. The molecule has 0 amide bonds. The predicted octanol–water partition coefficient (Wildman–Crippen LogP) is 4.19. The van der Waals surface area contributed by atoms with E-state index in [-0.39, 0.29) is 0 Å². The van der Waals surface area contributed by atoms with Gasteiger partial charge in [0.15, 0.2) is 0 Å². The Morgan fingerprint density at radius 1 is 0.963 bits per heavy atom. The van der Waals surface area contributed by atoms with E-state index in [9.17, 15) is 0 Å². The molecule has 0 unspecified atom stereocenters. The molecule has 2 aromatic rings. The summed E-state index contributed by atoms with van der Waals surface area (Å²) >= 11 is 0. The predicted molar refractivity (Wildman–Crippen MR) is 112 cm³/mol. The van der Waals surface area contributed by atoms with Gasteiger partial charge in [0.1, 0.15) is 0 Å². The van der Waals surface area contributed by atoms with Crippen molar-refractivity contribution in [1.29, 1.82) is 0 Å². The lowest BCUT2D eigenvalue weighted by Gasteiger charge is -2.32. The number of hydrogen-bond donors (Lipinski definition) is 1. The van der Waals surface area contributed by atoms with E-state index in [0.29, 0.717) is 5.41 Å². The molecule has 2 nitrogen and oxygen atoms in total. The Kier molecular flexibility index (Phi) is 4.79. The average molecular weight is 361 g/mol. The van der Waals surface area contributed by atoms with Gasteiger partial charge in [-0.2, -0.15) is 0 Å². The van der Waals surface area contributed by atoms with Crippen molar-refractivity contribution in [2.45, 2.75) is 50.0 Å². The fourth-order valence-corrected chi connectivity index (χ4v) is 5.52. The third-order valence-electron chi connectivity index (χ3n) is 7.39. The summed E-state index contributed by atoms with van der Waals surface area (Å²) in [4.78, 5) is 2.66. The van der Waals surface area contributed by atoms with Gasteiger partial charge in [-0.1, -0.05) is 54.6 Å². The minimum Gasteiger partial charge on any atom is -0.313 e. The highest BCUT2D eigenvalue weighted by atomic mass is 15.1. The van der Waals surface area contributed by atoms with Crippen molar-refractivity contribution in [2.24, 2.45) is 5.92 Å². The van der Waals surface area contributed by atoms with E-state index in [1.54, 1.807) is 11.1 Å². The molecule has 142 valence electrons. The third-order valence-corrected chi connectivity index (χ3v) is 7.39.